The molecule has 6 heteroatoms. The van der Waals surface area contributed by atoms with E-state index in [1.54, 1.807) is 6.20 Å². The molecule has 0 spiro atoms. The Morgan fingerprint density at radius 2 is 1.70 bits per heavy atom. The van der Waals surface area contributed by atoms with E-state index in [4.69, 9.17) is 26.8 Å². The minimum atomic E-state index is 0.184. The van der Waals surface area contributed by atoms with Gasteiger partial charge >= 0.3 is 0 Å². The third-order valence-corrected chi connectivity index (χ3v) is 5.55. The Morgan fingerprint density at radius 1 is 0.939 bits per heavy atom. The molecule has 4 rings (SSSR count). The number of benzene rings is 3. The van der Waals surface area contributed by atoms with E-state index in [0.717, 1.165) is 22.3 Å². The van der Waals surface area contributed by atoms with Gasteiger partial charge in [0.05, 0.1) is 6.61 Å². The number of halogens is 1. The zero-order valence-corrected chi connectivity index (χ0v) is 18.8. The molecule has 4 aromatic rings. The summed E-state index contributed by atoms with van der Waals surface area (Å²) < 4.78 is 11.9. The van der Waals surface area contributed by atoms with Gasteiger partial charge in [-0.2, -0.15) is 5.26 Å². The zero-order chi connectivity index (χ0) is 23.2. The molecule has 5 nitrogen and oxygen atoms in total. The SMILES string of the molecule is CCOc1cc(-c2c(-c3ccccc3)cnc(N)c2C#N)ccc1OCc1ccccc1Cl. The van der Waals surface area contributed by atoms with Crippen molar-refractivity contribution in [1.29, 1.82) is 5.26 Å². The van der Waals surface area contributed by atoms with Gasteiger partial charge in [-0.3, -0.25) is 0 Å². The second-order valence-corrected chi connectivity index (χ2v) is 7.67. The molecule has 33 heavy (non-hydrogen) atoms. The smallest absolute Gasteiger partial charge is 0.161 e. The van der Waals surface area contributed by atoms with Crippen LogP contribution in [0.15, 0.2) is 79.0 Å². The number of nitrogen functional groups attached to an aromatic ring is 1. The Morgan fingerprint density at radius 3 is 2.42 bits per heavy atom. The molecule has 0 aliphatic carbocycles. The van der Waals surface area contributed by atoms with Crippen molar-refractivity contribution in [3.05, 3.63) is 95.1 Å². The normalized spacial score (nSPS) is 10.5. The van der Waals surface area contributed by atoms with Gasteiger partial charge in [0.1, 0.15) is 24.1 Å². The van der Waals surface area contributed by atoms with Gasteiger partial charge in [-0.15, -0.1) is 0 Å². The monoisotopic (exact) mass is 455 g/mol. The van der Waals surface area contributed by atoms with Gasteiger partial charge in [0.15, 0.2) is 11.5 Å². The molecule has 0 atom stereocenters. The van der Waals surface area contributed by atoms with Crippen molar-refractivity contribution in [3.63, 3.8) is 0 Å². The molecule has 0 saturated heterocycles. The third-order valence-electron chi connectivity index (χ3n) is 5.18. The van der Waals surface area contributed by atoms with Crippen LogP contribution in [0.4, 0.5) is 5.82 Å². The largest absolute Gasteiger partial charge is 0.490 e. The molecule has 0 unspecified atom stereocenters. The summed E-state index contributed by atoms with van der Waals surface area (Å²) in [6.45, 7) is 2.67. The topological polar surface area (TPSA) is 81.2 Å². The van der Waals surface area contributed by atoms with Gasteiger partial charge in [-0.25, -0.2) is 4.98 Å². The Hall–Kier alpha value is -4.01. The van der Waals surface area contributed by atoms with E-state index in [0.29, 0.717) is 40.9 Å². The Labute approximate surface area is 198 Å². The average Bonchev–Trinajstić information content (AvgIpc) is 2.84. The van der Waals surface area contributed by atoms with Gasteiger partial charge in [0.25, 0.3) is 0 Å². The number of pyridine rings is 1. The molecule has 0 amide bonds. The van der Waals surface area contributed by atoms with Crippen LogP contribution in [0.25, 0.3) is 22.3 Å². The molecule has 0 bridgehead atoms. The van der Waals surface area contributed by atoms with Gasteiger partial charge in [0, 0.05) is 27.9 Å². The van der Waals surface area contributed by atoms with Crippen LogP contribution in [0.1, 0.15) is 18.1 Å². The van der Waals surface area contributed by atoms with Crippen molar-refractivity contribution in [2.75, 3.05) is 12.3 Å². The summed E-state index contributed by atoms with van der Waals surface area (Å²) in [4.78, 5) is 4.25. The van der Waals surface area contributed by atoms with E-state index in [2.05, 4.69) is 11.1 Å². The fraction of sp³-hybridized carbons (Fsp3) is 0.111. The standard InChI is InChI=1S/C27H22ClN3O2/c1-2-32-25-14-19(12-13-24(25)33-17-20-10-6-7-11-23(20)28)26-21(15-29)27(30)31-16-22(26)18-8-4-3-5-9-18/h3-14,16H,2,17H2,1H3,(H2,30,31). The zero-order valence-electron chi connectivity index (χ0n) is 18.1. The molecular weight excluding hydrogens is 434 g/mol. The molecule has 0 saturated carbocycles. The first-order chi connectivity index (χ1) is 16.1. The van der Waals surface area contributed by atoms with Crippen LogP contribution in [0, 0.1) is 11.3 Å². The minimum Gasteiger partial charge on any atom is -0.490 e. The summed E-state index contributed by atoms with van der Waals surface area (Å²) in [6, 6.07) is 25.1. The molecule has 0 fully saturated rings. The maximum Gasteiger partial charge on any atom is 0.161 e. The van der Waals surface area contributed by atoms with Crippen LogP contribution in [0.2, 0.25) is 5.02 Å². The number of nitrogens with two attached hydrogens (primary N) is 1. The average molecular weight is 456 g/mol. The summed E-state index contributed by atoms with van der Waals surface area (Å²) in [5.74, 6) is 1.34. The van der Waals surface area contributed by atoms with Gasteiger partial charge in [0.2, 0.25) is 0 Å². The van der Waals surface area contributed by atoms with Gasteiger partial charge in [-0.1, -0.05) is 66.2 Å². The summed E-state index contributed by atoms with van der Waals surface area (Å²) in [5.41, 5.74) is 10.5. The number of nitriles is 1. The van der Waals surface area contributed by atoms with E-state index in [1.807, 2.05) is 79.7 Å². The van der Waals surface area contributed by atoms with E-state index in [9.17, 15) is 5.26 Å². The number of rotatable bonds is 7. The van der Waals surface area contributed by atoms with Crippen molar-refractivity contribution in [3.8, 4) is 39.8 Å². The highest BCUT2D eigenvalue weighted by Gasteiger charge is 2.18. The van der Waals surface area contributed by atoms with E-state index in [-0.39, 0.29) is 5.82 Å². The molecule has 0 radical (unpaired) electrons. The van der Waals surface area contributed by atoms with Crippen molar-refractivity contribution in [2.45, 2.75) is 13.5 Å². The van der Waals surface area contributed by atoms with Crippen LogP contribution in [0.3, 0.4) is 0 Å². The number of ether oxygens (including phenoxy) is 2. The van der Waals surface area contributed by atoms with Crippen LogP contribution < -0.4 is 15.2 Å². The lowest BCUT2D eigenvalue weighted by Gasteiger charge is -2.17. The van der Waals surface area contributed by atoms with Crippen LogP contribution >= 0.6 is 11.6 Å². The maximum absolute atomic E-state index is 9.86. The van der Waals surface area contributed by atoms with E-state index in [1.165, 1.54) is 0 Å². The maximum atomic E-state index is 9.86. The second kappa shape index (κ2) is 10.1. The summed E-state index contributed by atoms with van der Waals surface area (Å²) in [7, 11) is 0. The number of nitrogens with zero attached hydrogens (tertiary/aromatic N) is 2. The summed E-state index contributed by atoms with van der Waals surface area (Å²) >= 11 is 6.26. The fourth-order valence-electron chi connectivity index (χ4n) is 3.60. The van der Waals surface area contributed by atoms with E-state index < -0.39 is 0 Å². The molecule has 0 aliphatic rings. The Bertz CT molecular complexity index is 1320. The van der Waals surface area contributed by atoms with Crippen LogP contribution in [-0.4, -0.2) is 11.6 Å². The molecule has 164 valence electrons. The quantitative estimate of drug-likeness (QED) is 0.344. The predicted octanol–water partition coefficient (Wildman–Crippen LogP) is 6.50. The lowest BCUT2D eigenvalue weighted by Crippen LogP contribution is -2.02. The van der Waals surface area contributed by atoms with Gasteiger partial charge in [-0.05, 0) is 36.2 Å². The molecular formula is C27H22ClN3O2. The molecule has 3 aromatic carbocycles. The molecule has 1 heterocycles. The van der Waals surface area contributed by atoms with Crippen LogP contribution in [-0.2, 0) is 6.61 Å². The third kappa shape index (κ3) is 4.77. The summed E-state index contributed by atoms with van der Waals surface area (Å²) in [6.07, 6.45) is 1.70. The molecule has 2 N–H and O–H groups in total. The number of anilines is 1. The molecule has 0 aliphatic heterocycles. The van der Waals surface area contributed by atoms with Crippen molar-refractivity contribution < 1.29 is 9.47 Å². The van der Waals surface area contributed by atoms with Crippen molar-refractivity contribution in [1.82, 2.24) is 4.98 Å². The van der Waals surface area contributed by atoms with E-state index >= 15 is 0 Å². The highest BCUT2D eigenvalue weighted by molar-refractivity contribution is 6.31. The summed E-state index contributed by atoms with van der Waals surface area (Å²) in [5, 5.41) is 10.5. The lowest BCUT2D eigenvalue weighted by atomic mass is 9.92. The highest BCUT2D eigenvalue weighted by atomic mass is 35.5. The first-order valence-corrected chi connectivity index (χ1v) is 10.9. The Balaban J connectivity index is 1.78. The fourth-order valence-corrected chi connectivity index (χ4v) is 3.79. The number of aromatic nitrogens is 1. The minimum absolute atomic E-state index is 0.184. The first kappa shape index (κ1) is 22.2. The van der Waals surface area contributed by atoms with Crippen LogP contribution in [0.5, 0.6) is 11.5 Å². The molecule has 1 aromatic heterocycles. The highest BCUT2D eigenvalue weighted by Crippen LogP contribution is 2.40. The first-order valence-electron chi connectivity index (χ1n) is 10.5. The van der Waals surface area contributed by atoms with Gasteiger partial charge < -0.3 is 15.2 Å². The number of hydrogen-bond donors (Lipinski definition) is 1. The lowest BCUT2D eigenvalue weighted by molar-refractivity contribution is 0.269. The van der Waals surface area contributed by atoms with Crippen molar-refractivity contribution >= 4 is 17.4 Å². The predicted molar refractivity (Wildman–Crippen MR) is 131 cm³/mol. The number of hydrogen-bond acceptors (Lipinski definition) is 5. The van der Waals surface area contributed by atoms with Crippen molar-refractivity contribution in [2.24, 2.45) is 0 Å². The Kier molecular flexibility index (Phi) is 6.77. The second-order valence-electron chi connectivity index (χ2n) is 7.26.